The zero-order chi connectivity index (χ0) is 12.1. The van der Waals surface area contributed by atoms with Crippen LogP contribution in [-0.4, -0.2) is 32.7 Å². The minimum Gasteiger partial charge on any atom is -0.481 e. The number of rotatable bonds is 5. The Morgan fingerprint density at radius 1 is 1.06 bits per heavy atom. The molecule has 0 aliphatic heterocycles. The third kappa shape index (κ3) is 3.63. The fraction of sp³-hybridized carbons (Fsp3) is 0.750. The largest absolute Gasteiger partial charge is 0.481 e. The molecule has 0 aromatic heterocycles. The van der Waals surface area contributed by atoms with Crippen molar-refractivity contribution in [2.24, 2.45) is 11.8 Å². The molecule has 1 aliphatic carbocycles. The lowest BCUT2D eigenvalue weighted by molar-refractivity contribution is -0.432. The molecule has 0 bridgehead atoms. The summed E-state index contributed by atoms with van der Waals surface area (Å²) in [4.78, 5) is 21.6. The Kier molecular flexibility index (Phi) is 5.00. The van der Waals surface area contributed by atoms with E-state index in [0.717, 1.165) is 12.0 Å². The van der Waals surface area contributed by atoms with Gasteiger partial charge in [-0.2, -0.15) is 0 Å². The van der Waals surface area contributed by atoms with Crippen LogP contribution in [0.1, 0.15) is 19.3 Å². The molecule has 0 saturated heterocycles. The standard InChI is InChI=1S/C8H12O7S/c9-7(10)4-1-5(8(11)12)3-6(2-4)16-15-14-13/h4-6,13H,1-3H2,(H,9,10)(H,11,12). The van der Waals surface area contributed by atoms with Crippen LogP contribution in [-0.2, 0) is 19.0 Å². The van der Waals surface area contributed by atoms with Gasteiger partial charge in [0.25, 0.3) is 0 Å². The molecular formula is C8H12O7S. The predicted molar refractivity (Wildman–Crippen MR) is 52.3 cm³/mol. The maximum Gasteiger partial charge on any atom is 0.306 e. The Hall–Kier alpha value is -0.830. The van der Waals surface area contributed by atoms with E-state index in [1.54, 1.807) is 0 Å². The van der Waals surface area contributed by atoms with Crippen molar-refractivity contribution in [3.63, 3.8) is 0 Å². The molecule has 1 aliphatic rings. The van der Waals surface area contributed by atoms with Gasteiger partial charge < -0.3 is 10.2 Å². The van der Waals surface area contributed by atoms with E-state index in [1.165, 1.54) is 0 Å². The first-order valence-electron chi connectivity index (χ1n) is 4.63. The third-order valence-corrected chi connectivity index (χ3v) is 3.36. The summed E-state index contributed by atoms with van der Waals surface area (Å²) in [6.45, 7) is 0. The molecule has 0 heterocycles. The van der Waals surface area contributed by atoms with Gasteiger partial charge in [0.1, 0.15) is 0 Å². The monoisotopic (exact) mass is 252 g/mol. The van der Waals surface area contributed by atoms with E-state index in [-0.39, 0.29) is 11.7 Å². The van der Waals surface area contributed by atoms with Crippen molar-refractivity contribution in [2.45, 2.75) is 24.5 Å². The molecule has 2 atom stereocenters. The number of hydrogen-bond acceptors (Lipinski definition) is 6. The van der Waals surface area contributed by atoms with Crippen molar-refractivity contribution in [2.75, 3.05) is 0 Å². The van der Waals surface area contributed by atoms with Crippen LogP contribution in [0.3, 0.4) is 0 Å². The molecule has 1 fully saturated rings. The highest BCUT2D eigenvalue weighted by Gasteiger charge is 2.37. The summed E-state index contributed by atoms with van der Waals surface area (Å²) < 4.78 is 4.22. The number of carbonyl (C=O) groups is 2. The van der Waals surface area contributed by atoms with Crippen molar-refractivity contribution in [3.8, 4) is 0 Å². The van der Waals surface area contributed by atoms with Crippen LogP contribution < -0.4 is 0 Å². The molecule has 2 unspecified atom stereocenters. The Morgan fingerprint density at radius 2 is 1.56 bits per heavy atom. The van der Waals surface area contributed by atoms with Gasteiger partial charge in [0.15, 0.2) is 0 Å². The minimum absolute atomic E-state index is 0.127. The first-order valence-corrected chi connectivity index (χ1v) is 5.44. The summed E-state index contributed by atoms with van der Waals surface area (Å²) in [6, 6.07) is 0. The summed E-state index contributed by atoms with van der Waals surface area (Å²) in [5.41, 5.74) is 0. The van der Waals surface area contributed by atoms with E-state index in [2.05, 4.69) is 9.37 Å². The lowest BCUT2D eigenvalue weighted by Crippen LogP contribution is -2.33. The molecule has 1 rings (SSSR count). The van der Waals surface area contributed by atoms with Gasteiger partial charge in [0.2, 0.25) is 0 Å². The molecule has 92 valence electrons. The fourth-order valence-electron chi connectivity index (χ4n) is 1.82. The quantitative estimate of drug-likeness (QED) is 0.377. The van der Waals surface area contributed by atoms with Gasteiger partial charge in [-0.15, -0.1) is 4.33 Å². The highest BCUT2D eigenvalue weighted by molar-refractivity contribution is 7.95. The van der Waals surface area contributed by atoms with E-state index in [9.17, 15) is 9.59 Å². The summed E-state index contributed by atoms with van der Waals surface area (Å²) >= 11 is 0.741. The fourth-order valence-corrected chi connectivity index (χ4v) is 2.59. The zero-order valence-electron chi connectivity index (χ0n) is 8.24. The van der Waals surface area contributed by atoms with Crippen LogP contribution in [0.5, 0.6) is 0 Å². The molecule has 0 aromatic rings. The SMILES string of the molecule is O=C(O)C1CC(SOOO)CC(C(=O)O)C1. The number of hydrogen-bond donors (Lipinski definition) is 3. The van der Waals surface area contributed by atoms with E-state index in [1.807, 2.05) is 0 Å². The summed E-state index contributed by atoms with van der Waals surface area (Å²) in [5.74, 6) is -3.42. The Balaban J connectivity index is 2.59. The Labute approximate surface area is 95.4 Å². The van der Waals surface area contributed by atoms with Crippen LogP contribution in [0.2, 0.25) is 0 Å². The average Bonchev–Trinajstić information content (AvgIpc) is 2.25. The summed E-state index contributed by atoms with van der Waals surface area (Å²) in [5, 5.41) is 28.8. The average molecular weight is 252 g/mol. The normalized spacial score (nSPS) is 29.9. The zero-order valence-corrected chi connectivity index (χ0v) is 9.05. The number of carboxylic acid groups (broad SMARTS) is 2. The smallest absolute Gasteiger partial charge is 0.306 e. The highest BCUT2D eigenvalue weighted by Crippen LogP contribution is 2.36. The molecule has 7 nitrogen and oxygen atoms in total. The van der Waals surface area contributed by atoms with Gasteiger partial charge in [-0.1, -0.05) is 5.04 Å². The maximum absolute atomic E-state index is 10.8. The second-order valence-corrected chi connectivity index (χ2v) is 4.63. The van der Waals surface area contributed by atoms with Crippen molar-refractivity contribution < 1.29 is 34.4 Å². The first-order chi connectivity index (χ1) is 7.54. The van der Waals surface area contributed by atoms with Crippen molar-refractivity contribution >= 4 is 24.0 Å². The van der Waals surface area contributed by atoms with Crippen LogP contribution >= 0.6 is 12.0 Å². The van der Waals surface area contributed by atoms with Gasteiger partial charge in [0.05, 0.1) is 11.8 Å². The maximum atomic E-state index is 10.8. The number of aliphatic carboxylic acids is 2. The summed E-state index contributed by atoms with van der Waals surface area (Å²) in [7, 11) is 0. The molecule has 0 spiro atoms. The molecule has 3 N–H and O–H groups in total. The number of carboxylic acids is 2. The topological polar surface area (TPSA) is 113 Å². The second kappa shape index (κ2) is 6.04. The molecular weight excluding hydrogens is 240 g/mol. The van der Waals surface area contributed by atoms with E-state index in [4.69, 9.17) is 15.5 Å². The van der Waals surface area contributed by atoms with Crippen LogP contribution in [0, 0.1) is 11.8 Å². The lowest BCUT2D eigenvalue weighted by atomic mass is 9.81. The van der Waals surface area contributed by atoms with Gasteiger partial charge in [-0.3, -0.25) is 9.59 Å². The van der Waals surface area contributed by atoms with Crippen LogP contribution in [0.15, 0.2) is 0 Å². The van der Waals surface area contributed by atoms with E-state index >= 15 is 0 Å². The first kappa shape index (κ1) is 13.2. The van der Waals surface area contributed by atoms with Gasteiger partial charge in [-0.25, -0.2) is 5.26 Å². The van der Waals surface area contributed by atoms with E-state index in [0.29, 0.717) is 12.8 Å². The third-order valence-electron chi connectivity index (χ3n) is 2.57. The van der Waals surface area contributed by atoms with Crippen molar-refractivity contribution in [1.29, 1.82) is 0 Å². The Morgan fingerprint density at radius 3 is 1.94 bits per heavy atom. The summed E-state index contributed by atoms with van der Waals surface area (Å²) in [6.07, 6.45) is 0.724. The Bertz CT molecular complexity index is 247. The molecule has 0 aromatic carbocycles. The van der Waals surface area contributed by atoms with Crippen molar-refractivity contribution in [1.82, 2.24) is 0 Å². The van der Waals surface area contributed by atoms with Gasteiger partial charge >= 0.3 is 11.9 Å². The van der Waals surface area contributed by atoms with Gasteiger partial charge in [-0.05, 0) is 19.3 Å². The van der Waals surface area contributed by atoms with Crippen molar-refractivity contribution in [3.05, 3.63) is 0 Å². The lowest BCUT2D eigenvalue weighted by Gasteiger charge is -2.29. The minimum atomic E-state index is -1.01. The molecule has 0 amide bonds. The van der Waals surface area contributed by atoms with E-state index < -0.39 is 23.8 Å². The molecule has 1 saturated carbocycles. The van der Waals surface area contributed by atoms with Crippen LogP contribution in [0.4, 0.5) is 0 Å². The molecule has 8 heteroatoms. The molecule has 0 radical (unpaired) electrons. The van der Waals surface area contributed by atoms with Crippen LogP contribution in [0.25, 0.3) is 0 Å². The second-order valence-electron chi connectivity index (χ2n) is 3.64. The predicted octanol–water partition coefficient (Wildman–Crippen LogP) is 1.01. The van der Waals surface area contributed by atoms with Gasteiger partial charge in [0, 0.05) is 17.3 Å². The highest BCUT2D eigenvalue weighted by atomic mass is 32.2. The molecule has 16 heavy (non-hydrogen) atoms.